The first kappa shape index (κ1) is 6.62. The molecule has 0 aromatic heterocycles. The molecule has 0 aromatic carbocycles. The van der Waals surface area contributed by atoms with Gasteiger partial charge in [-0.05, 0) is 25.7 Å². The first-order valence-electron chi connectivity index (χ1n) is 4.09. The molecule has 2 heteroatoms. The summed E-state index contributed by atoms with van der Waals surface area (Å²) in [7, 11) is 0. The molecule has 2 fully saturated rings. The monoisotopic (exact) mass is 142 g/mol. The molecule has 0 N–H and O–H groups in total. The van der Waals surface area contributed by atoms with Crippen molar-refractivity contribution >= 4 is 0 Å². The Morgan fingerprint density at radius 3 is 3.10 bits per heavy atom. The van der Waals surface area contributed by atoms with Gasteiger partial charge in [0.25, 0.3) is 0 Å². The molecule has 0 bridgehead atoms. The fourth-order valence-corrected chi connectivity index (χ4v) is 1.90. The van der Waals surface area contributed by atoms with Gasteiger partial charge in [0.1, 0.15) is 0 Å². The van der Waals surface area contributed by atoms with Crippen molar-refractivity contribution in [2.75, 3.05) is 13.2 Å². The Morgan fingerprint density at radius 2 is 2.20 bits per heavy atom. The minimum absolute atomic E-state index is 0.427. The maximum atomic E-state index is 5.48. The Bertz CT molecular complexity index is 124. The van der Waals surface area contributed by atoms with Crippen LogP contribution in [0.2, 0.25) is 0 Å². The van der Waals surface area contributed by atoms with E-state index in [1.807, 2.05) is 0 Å². The molecule has 10 heavy (non-hydrogen) atoms. The molecule has 2 rings (SSSR count). The minimum atomic E-state index is 0.427. The molecule has 0 unspecified atom stereocenters. The van der Waals surface area contributed by atoms with Crippen LogP contribution in [0.5, 0.6) is 0 Å². The van der Waals surface area contributed by atoms with Crippen LogP contribution >= 0.6 is 0 Å². The fourth-order valence-electron chi connectivity index (χ4n) is 1.90. The number of ether oxygens (including phenoxy) is 2. The van der Waals surface area contributed by atoms with Gasteiger partial charge in [0.15, 0.2) is 0 Å². The van der Waals surface area contributed by atoms with Gasteiger partial charge in [-0.1, -0.05) is 0 Å². The van der Waals surface area contributed by atoms with Crippen LogP contribution in [0.25, 0.3) is 0 Å². The van der Waals surface area contributed by atoms with E-state index in [4.69, 9.17) is 9.47 Å². The molecule has 2 saturated heterocycles. The smallest absolute Gasteiger partial charge is 0.0838 e. The zero-order chi connectivity index (χ0) is 6.97. The third-order valence-corrected chi connectivity index (χ3v) is 2.53. The Labute approximate surface area is 61.5 Å². The molecule has 0 saturated carbocycles. The lowest BCUT2D eigenvalue weighted by atomic mass is 9.93. The van der Waals surface area contributed by atoms with Crippen LogP contribution in [-0.4, -0.2) is 25.4 Å². The summed E-state index contributed by atoms with van der Waals surface area (Å²) in [6.45, 7) is 3.92. The second kappa shape index (κ2) is 2.51. The van der Waals surface area contributed by atoms with Gasteiger partial charge in [-0.2, -0.15) is 0 Å². The zero-order valence-electron chi connectivity index (χ0n) is 6.38. The van der Waals surface area contributed by atoms with Crippen molar-refractivity contribution in [3.8, 4) is 0 Å². The molecular formula is C8H14O2. The van der Waals surface area contributed by atoms with Crippen molar-refractivity contribution in [3.63, 3.8) is 0 Å². The lowest BCUT2D eigenvalue weighted by Crippen LogP contribution is -2.33. The first-order chi connectivity index (χ1) is 4.86. The van der Waals surface area contributed by atoms with Gasteiger partial charge >= 0.3 is 0 Å². The Hall–Kier alpha value is -0.0800. The molecule has 0 radical (unpaired) electrons. The minimum Gasteiger partial charge on any atom is -0.376 e. The summed E-state index contributed by atoms with van der Waals surface area (Å²) < 4.78 is 10.9. The highest BCUT2D eigenvalue weighted by molar-refractivity contribution is 4.81. The summed E-state index contributed by atoms with van der Waals surface area (Å²) in [6, 6.07) is 0. The fraction of sp³-hybridized carbons (Fsp3) is 1.00. The van der Waals surface area contributed by atoms with E-state index in [1.54, 1.807) is 0 Å². The Kier molecular flexibility index (Phi) is 1.66. The van der Waals surface area contributed by atoms with Crippen LogP contribution in [0.3, 0.4) is 0 Å². The maximum absolute atomic E-state index is 5.48. The predicted octanol–water partition coefficient (Wildman–Crippen LogP) is 1.20. The second-order valence-corrected chi connectivity index (χ2v) is 3.34. The Balaban J connectivity index is 1.96. The number of fused-ring (bicyclic) bond motifs is 1. The van der Waals surface area contributed by atoms with Gasteiger partial charge in [0.2, 0.25) is 0 Å². The van der Waals surface area contributed by atoms with Gasteiger partial charge in [-0.15, -0.1) is 0 Å². The van der Waals surface area contributed by atoms with E-state index >= 15 is 0 Å². The molecule has 2 nitrogen and oxygen atoms in total. The average molecular weight is 142 g/mol. The van der Waals surface area contributed by atoms with Crippen molar-refractivity contribution in [1.29, 1.82) is 0 Å². The van der Waals surface area contributed by atoms with Gasteiger partial charge in [0, 0.05) is 6.61 Å². The molecule has 0 spiro atoms. The zero-order valence-corrected chi connectivity index (χ0v) is 6.38. The summed E-state index contributed by atoms with van der Waals surface area (Å²) >= 11 is 0. The van der Waals surface area contributed by atoms with Crippen LogP contribution in [0.15, 0.2) is 0 Å². The average Bonchev–Trinajstić information content (AvgIpc) is 2.33. The molecule has 58 valence electrons. The van der Waals surface area contributed by atoms with Crippen LogP contribution in [-0.2, 0) is 9.47 Å². The standard InChI is InChI=1S/C8H14O2/c1-6-4-7-2-3-9-8(7)5-10-6/h6-8H,2-5H2,1H3/t6-,7+,8-/m1/s1. The molecule has 2 aliphatic rings. The van der Waals surface area contributed by atoms with Gasteiger partial charge in [-0.3, -0.25) is 0 Å². The summed E-state index contributed by atoms with van der Waals surface area (Å²) in [5, 5.41) is 0. The first-order valence-corrected chi connectivity index (χ1v) is 4.09. The van der Waals surface area contributed by atoms with Crippen LogP contribution in [0, 0.1) is 5.92 Å². The van der Waals surface area contributed by atoms with Crippen molar-refractivity contribution < 1.29 is 9.47 Å². The number of hydrogen-bond donors (Lipinski definition) is 0. The summed E-state index contributed by atoms with van der Waals surface area (Å²) in [5.41, 5.74) is 0. The van der Waals surface area contributed by atoms with Crippen LogP contribution < -0.4 is 0 Å². The van der Waals surface area contributed by atoms with E-state index in [1.165, 1.54) is 12.8 Å². The predicted molar refractivity (Wildman–Crippen MR) is 37.9 cm³/mol. The van der Waals surface area contributed by atoms with Crippen molar-refractivity contribution in [2.24, 2.45) is 5.92 Å². The van der Waals surface area contributed by atoms with Gasteiger partial charge in [-0.25, -0.2) is 0 Å². The molecule has 2 heterocycles. The quantitative estimate of drug-likeness (QED) is 0.506. The van der Waals surface area contributed by atoms with E-state index < -0.39 is 0 Å². The van der Waals surface area contributed by atoms with E-state index in [9.17, 15) is 0 Å². The molecule has 2 aliphatic heterocycles. The van der Waals surface area contributed by atoms with Gasteiger partial charge in [0.05, 0.1) is 18.8 Å². The van der Waals surface area contributed by atoms with E-state index in [2.05, 4.69) is 6.92 Å². The third kappa shape index (κ3) is 1.06. The molecule has 0 aromatic rings. The van der Waals surface area contributed by atoms with Crippen molar-refractivity contribution in [1.82, 2.24) is 0 Å². The van der Waals surface area contributed by atoms with E-state index in [-0.39, 0.29) is 0 Å². The summed E-state index contributed by atoms with van der Waals surface area (Å²) in [4.78, 5) is 0. The number of hydrogen-bond acceptors (Lipinski definition) is 2. The number of rotatable bonds is 0. The lowest BCUT2D eigenvalue weighted by Gasteiger charge is -2.28. The molecule has 0 aliphatic carbocycles. The second-order valence-electron chi connectivity index (χ2n) is 3.34. The molecule has 3 atom stereocenters. The van der Waals surface area contributed by atoms with Crippen molar-refractivity contribution in [3.05, 3.63) is 0 Å². The normalized spacial score (nSPS) is 47.1. The van der Waals surface area contributed by atoms with Crippen LogP contribution in [0.1, 0.15) is 19.8 Å². The van der Waals surface area contributed by atoms with Gasteiger partial charge < -0.3 is 9.47 Å². The SMILES string of the molecule is C[C@@H]1C[C@@H]2CCO[C@@H]2CO1. The summed E-state index contributed by atoms with van der Waals surface area (Å²) in [5.74, 6) is 0.795. The highest BCUT2D eigenvalue weighted by Gasteiger charge is 2.33. The Morgan fingerprint density at radius 1 is 1.30 bits per heavy atom. The topological polar surface area (TPSA) is 18.5 Å². The van der Waals surface area contributed by atoms with Crippen LogP contribution in [0.4, 0.5) is 0 Å². The third-order valence-electron chi connectivity index (χ3n) is 2.53. The van der Waals surface area contributed by atoms with E-state index in [0.717, 1.165) is 19.1 Å². The largest absolute Gasteiger partial charge is 0.376 e. The van der Waals surface area contributed by atoms with Crippen molar-refractivity contribution in [2.45, 2.75) is 32.0 Å². The highest BCUT2D eigenvalue weighted by atomic mass is 16.5. The van der Waals surface area contributed by atoms with E-state index in [0.29, 0.717) is 12.2 Å². The molecule has 0 amide bonds. The maximum Gasteiger partial charge on any atom is 0.0838 e. The molecular weight excluding hydrogens is 128 g/mol. The summed E-state index contributed by atoms with van der Waals surface area (Å²) in [6.07, 6.45) is 3.34. The lowest BCUT2D eigenvalue weighted by molar-refractivity contribution is -0.0708. The highest BCUT2D eigenvalue weighted by Crippen LogP contribution is 2.30.